The van der Waals surface area contributed by atoms with Crippen molar-refractivity contribution in [3.63, 3.8) is 0 Å². The van der Waals surface area contributed by atoms with Crippen molar-refractivity contribution in [1.29, 1.82) is 0 Å². The summed E-state index contributed by atoms with van der Waals surface area (Å²) < 4.78 is 5.60. The van der Waals surface area contributed by atoms with Gasteiger partial charge in [0.05, 0.1) is 12.6 Å². The molecule has 1 aliphatic heterocycles. The summed E-state index contributed by atoms with van der Waals surface area (Å²) >= 11 is 0. The molecule has 0 aromatic carbocycles. The molecule has 0 aliphatic carbocycles. The molecule has 0 radical (unpaired) electrons. The van der Waals surface area contributed by atoms with E-state index in [9.17, 15) is 5.11 Å². The van der Waals surface area contributed by atoms with Crippen molar-refractivity contribution in [2.45, 2.75) is 39.3 Å². The van der Waals surface area contributed by atoms with Crippen molar-refractivity contribution in [3.8, 4) is 0 Å². The molecule has 0 unspecified atom stereocenters. The quantitative estimate of drug-likeness (QED) is 0.808. The van der Waals surface area contributed by atoms with Gasteiger partial charge in [0.1, 0.15) is 0 Å². The van der Waals surface area contributed by atoms with Crippen LogP contribution in [0.5, 0.6) is 0 Å². The fraction of sp³-hybridized carbons (Fsp3) is 0.833. The molecule has 2 heterocycles. The van der Waals surface area contributed by atoms with Gasteiger partial charge in [0.2, 0.25) is 5.89 Å². The monoisotopic (exact) mass is 254 g/mol. The van der Waals surface area contributed by atoms with Gasteiger partial charge in [-0.3, -0.25) is 0 Å². The van der Waals surface area contributed by atoms with Gasteiger partial charge in [-0.2, -0.15) is 0 Å². The van der Waals surface area contributed by atoms with Crippen LogP contribution in [0.25, 0.3) is 0 Å². The first-order valence-electron chi connectivity index (χ1n) is 6.61. The third-order valence-electron chi connectivity index (χ3n) is 3.02. The highest BCUT2D eigenvalue weighted by Crippen LogP contribution is 2.18. The van der Waals surface area contributed by atoms with Crippen molar-refractivity contribution < 1.29 is 9.52 Å². The molecular formula is C12H22N4O2. The Bertz CT molecular complexity index is 359. The Balaban J connectivity index is 1.82. The molecule has 6 heteroatoms. The van der Waals surface area contributed by atoms with Crippen LogP contribution in [0.1, 0.15) is 32.6 Å². The SMILES string of the molecule is CC(C)CNCc1nnc(N2CCC(O)CC2)o1. The Labute approximate surface area is 107 Å². The first-order valence-corrected chi connectivity index (χ1v) is 6.61. The number of nitrogens with one attached hydrogen (secondary N) is 1. The van der Waals surface area contributed by atoms with E-state index in [1.54, 1.807) is 0 Å². The van der Waals surface area contributed by atoms with E-state index in [2.05, 4.69) is 29.4 Å². The largest absolute Gasteiger partial charge is 0.407 e. The number of aliphatic hydroxyl groups is 1. The summed E-state index contributed by atoms with van der Waals surface area (Å²) in [5.41, 5.74) is 0. The van der Waals surface area contributed by atoms with Crippen molar-refractivity contribution >= 4 is 6.01 Å². The third-order valence-corrected chi connectivity index (χ3v) is 3.02. The van der Waals surface area contributed by atoms with E-state index in [0.717, 1.165) is 32.5 Å². The highest BCUT2D eigenvalue weighted by atomic mass is 16.4. The van der Waals surface area contributed by atoms with Gasteiger partial charge in [-0.15, -0.1) is 5.10 Å². The predicted molar refractivity (Wildman–Crippen MR) is 68.3 cm³/mol. The van der Waals surface area contributed by atoms with Crippen molar-refractivity contribution in [2.75, 3.05) is 24.5 Å². The maximum absolute atomic E-state index is 9.44. The van der Waals surface area contributed by atoms with Gasteiger partial charge in [0.25, 0.3) is 0 Å². The number of rotatable bonds is 5. The number of aliphatic hydroxyl groups excluding tert-OH is 1. The summed E-state index contributed by atoms with van der Waals surface area (Å²) in [6.45, 7) is 7.43. The van der Waals surface area contributed by atoms with Crippen LogP contribution in [-0.4, -0.2) is 41.0 Å². The molecule has 1 aromatic rings. The Morgan fingerprint density at radius 1 is 1.39 bits per heavy atom. The van der Waals surface area contributed by atoms with E-state index in [0.29, 0.717) is 24.4 Å². The van der Waals surface area contributed by atoms with Crippen LogP contribution in [0, 0.1) is 5.92 Å². The summed E-state index contributed by atoms with van der Waals surface area (Å²) in [4.78, 5) is 2.03. The number of piperidine rings is 1. The maximum Gasteiger partial charge on any atom is 0.318 e. The molecule has 0 bridgehead atoms. The molecule has 18 heavy (non-hydrogen) atoms. The van der Waals surface area contributed by atoms with E-state index in [4.69, 9.17) is 4.42 Å². The van der Waals surface area contributed by atoms with Crippen molar-refractivity contribution in [3.05, 3.63) is 5.89 Å². The Hall–Kier alpha value is -1.14. The topological polar surface area (TPSA) is 74.4 Å². The molecule has 0 spiro atoms. The number of nitrogens with zero attached hydrogens (tertiary/aromatic N) is 3. The van der Waals surface area contributed by atoms with Crippen LogP contribution in [-0.2, 0) is 6.54 Å². The molecule has 6 nitrogen and oxygen atoms in total. The Kier molecular flexibility index (Phi) is 4.54. The lowest BCUT2D eigenvalue weighted by Gasteiger charge is -2.27. The van der Waals surface area contributed by atoms with Crippen molar-refractivity contribution in [2.24, 2.45) is 5.92 Å². The second kappa shape index (κ2) is 6.15. The van der Waals surface area contributed by atoms with Gasteiger partial charge in [-0.05, 0) is 25.3 Å². The summed E-state index contributed by atoms with van der Waals surface area (Å²) in [6.07, 6.45) is 1.35. The number of hydrogen-bond donors (Lipinski definition) is 2. The molecule has 1 fully saturated rings. The minimum absolute atomic E-state index is 0.184. The van der Waals surface area contributed by atoms with Gasteiger partial charge < -0.3 is 19.7 Å². The zero-order chi connectivity index (χ0) is 13.0. The fourth-order valence-corrected chi connectivity index (χ4v) is 1.97. The van der Waals surface area contributed by atoms with Gasteiger partial charge in [0.15, 0.2) is 0 Å². The van der Waals surface area contributed by atoms with Crippen LogP contribution in [0.2, 0.25) is 0 Å². The summed E-state index contributed by atoms with van der Waals surface area (Å²) in [5.74, 6) is 1.23. The minimum atomic E-state index is -0.184. The van der Waals surface area contributed by atoms with E-state index in [1.165, 1.54) is 0 Å². The minimum Gasteiger partial charge on any atom is -0.407 e. The number of anilines is 1. The molecule has 102 valence electrons. The lowest BCUT2D eigenvalue weighted by atomic mass is 10.1. The summed E-state index contributed by atoms with van der Waals surface area (Å²) in [5, 5.41) is 20.8. The van der Waals surface area contributed by atoms with Crippen molar-refractivity contribution in [1.82, 2.24) is 15.5 Å². The fourth-order valence-electron chi connectivity index (χ4n) is 1.97. The van der Waals surface area contributed by atoms with Gasteiger partial charge in [-0.1, -0.05) is 18.9 Å². The van der Waals surface area contributed by atoms with Gasteiger partial charge >= 0.3 is 6.01 Å². The molecule has 0 amide bonds. The highest BCUT2D eigenvalue weighted by Gasteiger charge is 2.21. The lowest BCUT2D eigenvalue weighted by molar-refractivity contribution is 0.144. The number of aromatic nitrogens is 2. The first-order chi connectivity index (χ1) is 8.65. The van der Waals surface area contributed by atoms with Crippen LogP contribution >= 0.6 is 0 Å². The zero-order valence-electron chi connectivity index (χ0n) is 11.1. The molecular weight excluding hydrogens is 232 g/mol. The molecule has 1 aromatic heterocycles. The summed E-state index contributed by atoms with van der Waals surface area (Å²) in [6, 6.07) is 0.572. The van der Waals surface area contributed by atoms with Crippen LogP contribution in [0.15, 0.2) is 4.42 Å². The van der Waals surface area contributed by atoms with Crippen LogP contribution in [0.4, 0.5) is 6.01 Å². The van der Waals surface area contributed by atoms with Crippen LogP contribution < -0.4 is 10.2 Å². The lowest BCUT2D eigenvalue weighted by Crippen LogP contribution is -2.35. The molecule has 2 rings (SSSR count). The third kappa shape index (κ3) is 3.68. The van der Waals surface area contributed by atoms with E-state index in [-0.39, 0.29) is 6.10 Å². The maximum atomic E-state index is 9.44. The average Bonchev–Trinajstić information content (AvgIpc) is 2.78. The van der Waals surface area contributed by atoms with Crippen LogP contribution in [0.3, 0.4) is 0 Å². The molecule has 1 saturated heterocycles. The summed E-state index contributed by atoms with van der Waals surface area (Å²) in [7, 11) is 0. The second-order valence-electron chi connectivity index (χ2n) is 5.22. The standard InChI is InChI=1S/C12H22N4O2/c1-9(2)7-13-8-11-14-15-12(18-11)16-5-3-10(17)4-6-16/h9-10,13,17H,3-8H2,1-2H3. The smallest absolute Gasteiger partial charge is 0.318 e. The molecule has 1 aliphatic rings. The number of hydrogen-bond acceptors (Lipinski definition) is 6. The Morgan fingerprint density at radius 3 is 2.78 bits per heavy atom. The van der Waals surface area contributed by atoms with Gasteiger partial charge in [0, 0.05) is 13.1 Å². The molecule has 0 saturated carbocycles. The highest BCUT2D eigenvalue weighted by molar-refractivity contribution is 5.24. The average molecular weight is 254 g/mol. The molecule has 0 atom stereocenters. The normalized spacial score (nSPS) is 17.7. The molecule has 2 N–H and O–H groups in total. The Morgan fingerprint density at radius 2 is 2.11 bits per heavy atom. The second-order valence-corrected chi connectivity index (χ2v) is 5.22. The first kappa shape index (κ1) is 13.3. The van der Waals surface area contributed by atoms with E-state index in [1.807, 2.05) is 4.90 Å². The predicted octanol–water partition coefficient (Wildman–Crippen LogP) is 0.776. The zero-order valence-corrected chi connectivity index (χ0v) is 11.1. The van der Waals surface area contributed by atoms with E-state index >= 15 is 0 Å². The van der Waals surface area contributed by atoms with E-state index < -0.39 is 0 Å². The van der Waals surface area contributed by atoms with Gasteiger partial charge in [-0.25, -0.2) is 0 Å².